The van der Waals surface area contributed by atoms with Gasteiger partial charge in [0.05, 0.1) is 32.6 Å². The Morgan fingerprint density at radius 3 is 2.17 bits per heavy atom. The van der Waals surface area contributed by atoms with Crippen molar-refractivity contribution in [2.24, 2.45) is 4.99 Å². The number of para-hydroxylation sites is 1. The van der Waals surface area contributed by atoms with E-state index in [1.54, 1.807) is 42.9 Å². The van der Waals surface area contributed by atoms with Crippen molar-refractivity contribution < 1.29 is 28.5 Å². The Hall–Kier alpha value is -3.33. The minimum atomic E-state index is -0.549. The van der Waals surface area contributed by atoms with Crippen molar-refractivity contribution in [2.45, 2.75) is 13.5 Å². The predicted molar refractivity (Wildman–Crippen MR) is 112 cm³/mol. The van der Waals surface area contributed by atoms with Gasteiger partial charge < -0.3 is 23.5 Å². The average Bonchev–Trinajstić information content (AvgIpc) is 3.09. The first-order valence-electron chi connectivity index (χ1n) is 9.16. The highest BCUT2D eigenvalue weighted by molar-refractivity contribution is 7.16. The Balaban J connectivity index is 2.22. The van der Waals surface area contributed by atoms with Crippen LogP contribution in [0, 0.1) is 0 Å². The van der Waals surface area contributed by atoms with Gasteiger partial charge in [0.25, 0.3) is 5.91 Å². The number of aromatic nitrogens is 1. The first kappa shape index (κ1) is 21.4. The molecule has 0 N–H and O–H groups in total. The summed E-state index contributed by atoms with van der Waals surface area (Å²) in [7, 11) is 4.48. The fourth-order valence-corrected chi connectivity index (χ4v) is 4.08. The van der Waals surface area contributed by atoms with Crippen molar-refractivity contribution >= 4 is 33.4 Å². The van der Waals surface area contributed by atoms with Gasteiger partial charge in [0, 0.05) is 0 Å². The number of esters is 1. The molecule has 0 atom stereocenters. The van der Waals surface area contributed by atoms with Gasteiger partial charge in [-0.15, -0.1) is 0 Å². The number of carbonyl (C=O) groups is 2. The summed E-state index contributed by atoms with van der Waals surface area (Å²) in [6, 6.07) is 10.5. The lowest BCUT2D eigenvalue weighted by molar-refractivity contribution is -0.143. The molecule has 0 saturated heterocycles. The minimum Gasteiger partial charge on any atom is -0.496 e. The zero-order valence-corrected chi connectivity index (χ0v) is 17.9. The molecule has 158 valence electrons. The van der Waals surface area contributed by atoms with Crippen molar-refractivity contribution in [1.82, 2.24) is 4.57 Å². The molecule has 2 aromatic carbocycles. The first-order chi connectivity index (χ1) is 14.5. The summed E-state index contributed by atoms with van der Waals surface area (Å²) in [5.41, 5.74) is 0.867. The van der Waals surface area contributed by atoms with Gasteiger partial charge in [0.1, 0.15) is 34.9 Å². The first-order valence-corrected chi connectivity index (χ1v) is 9.97. The van der Waals surface area contributed by atoms with Crippen molar-refractivity contribution in [3.63, 3.8) is 0 Å². The molecule has 1 heterocycles. The molecule has 0 fully saturated rings. The smallest absolute Gasteiger partial charge is 0.326 e. The van der Waals surface area contributed by atoms with E-state index in [0.29, 0.717) is 27.6 Å². The van der Waals surface area contributed by atoms with Crippen molar-refractivity contribution in [2.75, 3.05) is 27.9 Å². The van der Waals surface area contributed by atoms with E-state index in [2.05, 4.69) is 4.99 Å². The molecular formula is C21H22N2O6S. The number of benzene rings is 2. The molecule has 0 aliphatic carbocycles. The predicted octanol–water partition coefficient (Wildman–Crippen LogP) is 3.03. The number of fused-ring (bicyclic) bond motifs is 1. The maximum Gasteiger partial charge on any atom is 0.326 e. The van der Waals surface area contributed by atoms with Crippen molar-refractivity contribution in [3.8, 4) is 17.2 Å². The molecular weight excluding hydrogens is 408 g/mol. The second-order valence-electron chi connectivity index (χ2n) is 6.04. The van der Waals surface area contributed by atoms with Crippen molar-refractivity contribution in [1.29, 1.82) is 0 Å². The lowest BCUT2D eigenvalue weighted by Gasteiger charge is -2.10. The topological polar surface area (TPSA) is 88.4 Å². The fourth-order valence-electron chi connectivity index (χ4n) is 3.03. The Morgan fingerprint density at radius 2 is 1.57 bits per heavy atom. The van der Waals surface area contributed by atoms with Gasteiger partial charge in [-0.2, -0.15) is 4.99 Å². The highest BCUT2D eigenvalue weighted by atomic mass is 32.1. The summed E-state index contributed by atoms with van der Waals surface area (Å²) in [6.45, 7) is 1.88. The van der Waals surface area contributed by atoms with E-state index in [-0.39, 0.29) is 18.7 Å². The largest absolute Gasteiger partial charge is 0.496 e. The summed E-state index contributed by atoms with van der Waals surface area (Å²) in [6.07, 6.45) is 0. The quantitative estimate of drug-likeness (QED) is 0.536. The Kier molecular flexibility index (Phi) is 6.73. The molecule has 30 heavy (non-hydrogen) atoms. The monoisotopic (exact) mass is 430 g/mol. The fraction of sp³-hybridized carbons (Fsp3) is 0.286. The van der Waals surface area contributed by atoms with Gasteiger partial charge in [0.15, 0.2) is 4.80 Å². The van der Waals surface area contributed by atoms with Crippen LogP contribution in [0.4, 0.5) is 0 Å². The van der Waals surface area contributed by atoms with E-state index in [1.807, 2.05) is 12.1 Å². The van der Waals surface area contributed by atoms with E-state index in [1.165, 1.54) is 25.6 Å². The summed E-state index contributed by atoms with van der Waals surface area (Å²) < 4.78 is 23.6. The molecule has 8 nitrogen and oxygen atoms in total. The Labute approximate surface area is 177 Å². The van der Waals surface area contributed by atoms with Gasteiger partial charge >= 0.3 is 5.97 Å². The third kappa shape index (κ3) is 4.16. The summed E-state index contributed by atoms with van der Waals surface area (Å²) >= 11 is 1.27. The molecule has 0 spiro atoms. The maximum absolute atomic E-state index is 13.1. The molecule has 0 aliphatic heterocycles. The third-order valence-corrected chi connectivity index (χ3v) is 5.36. The molecule has 0 radical (unpaired) electrons. The van der Waals surface area contributed by atoms with E-state index in [9.17, 15) is 9.59 Å². The highest BCUT2D eigenvalue weighted by Gasteiger charge is 2.20. The zero-order chi connectivity index (χ0) is 21.7. The van der Waals surface area contributed by atoms with Crippen LogP contribution in [0.25, 0.3) is 10.2 Å². The lowest BCUT2D eigenvalue weighted by Crippen LogP contribution is -2.23. The van der Waals surface area contributed by atoms with Crippen LogP contribution in [0.2, 0.25) is 0 Å². The summed E-state index contributed by atoms with van der Waals surface area (Å²) in [4.78, 5) is 29.9. The Bertz CT molecular complexity index is 1130. The van der Waals surface area contributed by atoms with Crippen LogP contribution in [0.5, 0.6) is 17.2 Å². The van der Waals surface area contributed by atoms with Crippen LogP contribution in [0.3, 0.4) is 0 Å². The molecule has 0 unspecified atom stereocenters. The van der Waals surface area contributed by atoms with Crippen LogP contribution in [-0.2, 0) is 16.1 Å². The zero-order valence-electron chi connectivity index (χ0n) is 17.1. The number of rotatable bonds is 7. The molecule has 0 aliphatic rings. The maximum atomic E-state index is 13.1. The molecule has 0 saturated carbocycles. The number of carbonyl (C=O) groups excluding carboxylic acids is 2. The minimum absolute atomic E-state index is 0.108. The van der Waals surface area contributed by atoms with Gasteiger partial charge in [0.2, 0.25) is 0 Å². The second kappa shape index (κ2) is 9.45. The number of thiazole rings is 1. The van der Waals surface area contributed by atoms with E-state index >= 15 is 0 Å². The van der Waals surface area contributed by atoms with Crippen LogP contribution in [0.1, 0.15) is 17.3 Å². The normalized spacial score (nSPS) is 11.4. The van der Waals surface area contributed by atoms with Crippen molar-refractivity contribution in [3.05, 3.63) is 46.8 Å². The highest BCUT2D eigenvalue weighted by Crippen LogP contribution is 2.30. The van der Waals surface area contributed by atoms with Crippen LogP contribution >= 0.6 is 11.3 Å². The summed E-state index contributed by atoms with van der Waals surface area (Å²) in [5, 5.41) is 0. The average molecular weight is 430 g/mol. The van der Waals surface area contributed by atoms with Crippen LogP contribution in [-0.4, -0.2) is 44.4 Å². The van der Waals surface area contributed by atoms with Crippen LogP contribution in [0.15, 0.2) is 41.4 Å². The van der Waals surface area contributed by atoms with Gasteiger partial charge in [-0.1, -0.05) is 23.5 Å². The number of amides is 1. The summed E-state index contributed by atoms with van der Waals surface area (Å²) in [5.74, 6) is 0.272. The lowest BCUT2D eigenvalue weighted by atomic mass is 10.1. The molecule has 1 aromatic heterocycles. The Morgan fingerprint density at radius 1 is 0.967 bits per heavy atom. The molecule has 3 rings (SSSR count). The standard InChI is InChI=1S/C21H22N2O6S/c1-5-29-17(24)12-23-19-15(28-4)10-7-11-16(19)30-21(23)22-20(25)18-13(26-2)8-6-9-14(18)27-3/h6-11H,5,12H2,1-4H3. The van der Waals surface area contributed by atoms with Gasteiger partial charge in [-0.25, -0.2) is 0 Å². The van der Waals surface area contributed by atoms with E-state index in [0.717, 1.165) is 4.70 Å². The molecule has 1 amide bonds. The van der Waals surface area contributed by atoms with Crippen LogP contribution < -0.4 is 19.0 Å². The molecule has 9 heteroatoms. The van der Waals surface area contributed by atoms with E-state index < -0.39 is 11.9 Å². The van der Waals surface area contributed by atoms with Gasteiger partial charge in [-0.3, -0.25) is 9.59 Å². The second-order valence-corrected chi connectivity index (χ2v) is 7.05. The van der Waals surface area contributed by atoms with E-state index in [4.69, 9.17) is 18.9 Å². The van der Waals surface area contributed by atoms with Gasteiger partial charge in [-0.05, 0) is 31.2 Å². The molecule has 3 aromatic rings. The SMILES string of the molecule is CCOC(=O)Cn1c(=NC(=O)c2c(OC)cccc2OC)sc2cccc(OC)c21. The number of hydrogen-bond donors (Lipinski definition) is 0. The number of ether oxygens (including phenoxy) is 4. The number of methoxy groups -OCH3 is 3. The molecule has 0 bridgehead atoms. The third-order valence-electron chi connectivity index (χ3n) is 4.32. The number of hydrogen-bond acceptors (Lipinski definition) is 7. The number of nitrogens with zero attached hydrogens (tertiary/aromatic N) is 2.